The number of ketones is 2. The van der Waals surface area contributed by atoms with Crippen molar-refractivity contribution in [3.05, 3.63) is 107 Å². The van der Waals surface area contributed by atoms with Crippen molar-refractivity contribution in [2.24, 2.45) is 0 Å². The van der Waals surface area contributed by atoms with Gasteiger partial charge < -0.3 is 9.47 Å². The predicted octanol–water partition coefficient (Wildman–Crippen LogP) is 4.88. The number of benzene rings is 3. The molecule has 0 atom stereocenters. The Bertz CT molecular complexity index is 1110. The van der Waals surface area contributed by atoms with Gasteiger partial charge in [0, 0.05) is 11.1 Å². The molecular formula is C23H15FO4. The Morgan fingerprint density at radius 2 is 1.25 bits per heavy atom. The SMILES string of the molecule is Cc1cccc(OC2=C(Oc3ccc(F)cc3)C(=O)c3ccccc3C2=O)c1. The van der Waals surface area contributed by atoms with Crippen LogP contribution in [-0.2, 0) is 0 Å². The maximum Gasteiger partial charge on any atom is 0.233 e. The van der Waals surface area contributed by atoms with E-state index in [1.807, 2.05) is 13.0 Å². The monoisotopic (exact) mass is 374 g/mol. The second-order valence-electron chi connectivity index (χ2n) is 6.34. The first-order valence-corrected chi connectivity index (χ1v) is 8.63. The number of aryl methyl sites for hydroxylation is 1. The lowest BCUT2D eigenvalue weighted by atomic mass is 9.92. The minimum atomic E-state index is -0.470. The highest BCUT2D eigenvalue weighted by atomic mass is 19.1. The van der Waals surface area contributed by atoms with E-state index in [9.17, 15) is 14.0 Å². The molecule has 0 fully saturated rings. The second kappa shape index (κ2) is 7.12. The van der Waals surface area contributed by atoms with Crippen LogP contribution in [0.1, 0.15) is 26.3 Å². The molecule has 1 aliphatic carbocycles. The number of Topliss-reactive ketones (excluding diaryl/α,β-unsaturated/α-hetero) is 2. The van der Waals surface area contributed by atoms with Crippen molar-refractivity contribution in [2.45, 2.75) is 6.92 Å². The van der Waals surface area contributed by atoms with Crippen molar-refractivity contribution in [2.75, 3.05) is 0 Å². The molecule has 0 heterocycles. The van der Waals surface area contributed by atoms with Gasteiger partial charge in [0.15, 0.2) is 0 Å². The van der Waals surface area contributed by atoms with Gasteiger partial charge in [-0.25, -0.2) is 4.39 Å². The largest absolute Gasteiger partial charge is 0.449 e. The third-order valence-electron chi connectivity index (χ3n) is 4.28. The van der Waals surface area contributed by atoms with Gasteiger partial charge in [-0.15, -0.1) is 0 Å². The fraction of sp³-hybridized carbons (Fsp3) is 0.0435. The van der Waals surface area contributed by atoms with E-state index in [0.29, 0.717) is 5.75 Å². The highest BCUT2D eigenvalue weighted by Gasteiger charge is 2.36. The van der Waals surface area contributed by atoms with Crippen molar-refractivity contribution in [1.29, 1.82) is 0 Å². The van der Waals surface area contributed by atoms with Gasteiger partial charge in [-0.05, 0) is 48.9 Å². The molecule has 4 rings (SSSR count). The molecule has 0 N–H and O–H groups in total. The lowest BCUT2D eigenvalue weighted by Gasteiger charge is -2.21. The summed E-state index contributed by atoms with van der Waals surface area (Å²) in [6.07, 6.45) is 0. The number of ether oxygens (including phenoxy) is 2. The summed E-state index contributed by atoms with van der Waals surface area (Å²) in [6.45, 7) is 1.89. The van der Waals surface area contributed by atoms with Crippen LogP contribution in [0.2, 0.25) is 0 Å². The standard InChI is InChI=1S/C23H15FO4/c1-14-5-4-6-17(13-14)28-23-21(26)19-8-3-2-7-18(19)20(25)22(23)27-16-11-9-15(24)10-12-16/h2-13H,1H3. The first kappa shape index (κ1) is 17.7. The first-order valence-electron chi connectivity index (χ1n) is 8.63. The van der Waals surface area contributed by atoms with Gasteiger partial charge in [-0.1, -0.05) is 36.4 Å². The lowest BCUT2D eigenvalue weighted by molar-refractivity contribution is 0.0897. The molecular weight excluding hydrogens is 359 g/mol. The predicted molar refractivity (Wildman–Crippen MR) is 101 cm³/mol. The highest BCUT2D eigenvalue weighted by molar-refractivity contribution is 6.25. The smallest absolute Gasteiger partial charge is 0.233 e. The average molecular weight is 374 g/mol. The highest BCUT2D eigenvalue weighted by Crippen LogP contribution is 2.30. The first-order chi connectivity index (χ1) is 13.5. The maximum absolute atomic E-state index is 13.2. The van der Waals surface area contributed by atoms with E-state index < -0.39 is 17.4 Å². The number of rotatable bonds is 4. The summed E-state index contributed by atoms with van der Waals surface area (Å²) < 4.78 is 24.7. The molecule has 5 heteroatoms. The number of carbonyl (C=O) groups excluding carboxylic acids is 2. The quantitative estimate of drug-likeness (QED) is 0.653. The van der Waals surface area contributed by atoms with E-state index in [1.165, 1.54) is 24.3 Å². The number of hydrogen-bond acceptors (Lipinski definition) is 4. The van der Waals surface area contributed by atoms with Crippen molar-refractivity contribution in [1.82, 2.24) is 0 Å². The van der Waals surface area contributed by atoms with Crippen molar-refractivity contribution in [3.8, 4) is 11.5 Å². The summed E-state index contributed by atoms with van der Waals surface area (Å²) >= 11 is 0. The average Bonchev–Trinajstić information content (AvgIpc) is 2.70. The van der Waals surface area contributed by atoms with Crippen LogP contribution in [0.15, 0.2) is 84.3 Å². The molecule has 0 bridgehead atoms. The molecule has 4 nitrogen and oxygen atoms in total. The fourth-order valence-electron chi connectivity index (χ4n) is 2.93. The van der Waals surface area contributed by atoms with Crippen LogP contribution in [0.5, 0.6) is 11.5 Å². The molecule has 3 aromatic carbocycles. The van der Waals surface area contributed by atoms with E-state index in [1.54, 1.807) is 42.5 Å². The Balaban J connectivity index is 1.81. The van der Waals surface area contributed by atoms with Crippen molar-refractivity contribution < 1.29 is 23.5 Å². The Hall–Kier alpha value is -3.73. The normalized spacial score (nSPS) is 13.4. The van der Waals surface area contributed by atoms with Gasteiger partial charge in [0.1, 0.15) is 17.3 Å². The molecule has 0 aromatic heterocycles. The molecule has 0 unspecified atom stereocenters. The lowest BCUT2D eigenvalue weighted by Crippen LogP contribution is -2.27. The van der Waals surface area contributed by atoms with Gasteiger partial charge in [0.2, 0.25) is 23.1 Å². The third kappa shape index (κ3) is 3.30. The van der Waals surface area contributed by atoms with Gasteiger partial charge in [0.25, 0.3) is 0 Å². The van der Waals surface area contributed by atoms with Crippen molar-refractivity contribution in [3.63, 3.8) is 0 Å². The number of carbonyl (C=O) groups is 2. The minimum absolute atomic E-state index is 0.196. The van der Waals surface area contributed by atoms with Gasteiger partial charge in [0.05, 0.1) is 0 Å². The molecule has 0 spiro atoms. The fourth-order valence-corrected chi connectivity index (χ4v) is 2.93. The molecule has 0 amide bonds. The van der Waals surface area contributed by atoms with Gasteiger partial charge in [-0.2, -0.15) is 0 Å². The van der Waals surface area contributed by atoms with E-state index in [0.717, 1.165) is 5.56 Å². The Morgan fingerprint density at radius 1 is 0.679 bits per heavy atom. The zero-order chi connectivity index (χ0) is 19.7. The van der Waals surface area contributed by atoms with Crippen LogP contribution in [0, 0.1) is 12.7 Å². The molecule has 0 aliphatic heterocycles. The van der Waals surface area contributed by atoms with Crippen LogP contribution in [0.3, 0.4) is 0 Å². The molecule has 28 heavy (non-hydrogen) atoms. The Labute approximate surface area is 160 Å². The van der Waals surface area contributed by atoms with Gasteiger partial charge in [-0.3, -0.25) is 9.59 Å². The number of hydrogen-bond donors (Lipinski definition) is 0. The molecule has 1 aliphatic rings. The summed E-state index contributed by atoms with van der Waals surface area (Å²) in [5.74, 6) is -1.14. The van der Waals surface area contributed by atoms with Crippen LogP contribution in [-0.4, -0.2) is 11.6 Å². The van der Waals surface area contributed by atoms with Crippen molar-refractivity contribution >= 4 is 11.6 Å². The molecule has 0 saturated carbocycles. The summed E-state index contributed by atoms with van der Waals surface area (Å²) in [6, 6.07) is 18.8. The summed E-state index contributed by atoms with van der Waals surface area (Å²) in [5, 5.41) is 0. The van der Waals surface area contributed by atoms with Crippen LogP contribution < -0.4 is 9.47 Å². The summed E-state index contributed by atoms with van der Waals surface area (Å²) in [5.41, 5.74) is 1.43. The van der Waals surface area contributed by atoms with Gasteiger partial charge >= 0.3 is 0 Å². The number of allylic oxidation sites excluding steroid dienone is 2. The molecule has 0 saturated heterocycles. The maximum atomic E-state index is 13.2. The molecule has 3 aromatic rings. The van der Waals surface area contributed by atoms with Crippen LogP contribution >= 0.6 is 0 Å². The third-order valence-corrected chi connectivity index (χ3v) is 4.28. The Kier molecular flexibility index (Phi) is 4.49. The molecule has 0 radical (unpaired) electrons. The topological polar surface area (TPSA) is 52.6 Å². The molecule has 138 valence electrons. The zero-order valence-corrected chi connectivity index (χ0v) is 14.9. The van der Waals surface area contributed by atoms with E-state index in [4.69, 9.17) is 9.47 Å². The summed E-state index contributed by atoms with van der Waals surface area (Å²) in [7, 11) is 0. The Morgan fingerprint density at radius 3 is 1.82 bits per heavy atom. The van der Waals surface area contributed by atoms with E-state index in [-0.39, 0.29) is 28.4 Å². The zero-order valence-electron chi connectivity index (χ0n) is 14.9. The summed E-state index contributed by atoms with van der Waals surface area (Å²) in [4.78, 5) is 26.0. The number of halogens is 1. The second-order valence-corrected chi connectivity index (χ2v) is 6.34. The van der Waals surface area contributed by atoms with Crippen LogP contribution in [0.25, 0.3) is 0 Å². The number of fused-ring (bicyclic) bond motifs is 1. The minimum Gasteiger partial charge on any atom is -0.449 e. The van der Waals surface area contributed by atoms with E-state index in [2.05, 4.69) is 0 Å². The van der Waals surface area contributed by atoms with Crippen LogP contribution in [0.4, 0.5) is 4.39 Å². The van der Waals surface area contributed by atoms with E-state index >= 15 is 0 Å².